The fourth-order valence-electron chi connectivity index (χ4n) is 1.94. The topological polar surface area (TPSA) is 78.9 Å². The molecule has 3 N–H and O–H groups in total. The van der Waals surface area contributed by atoms with Crippen LogP contribution in [0.4, 0.5) is 0 Å². The molecule has 4 heteroatoms. The lowest BCUT2D eigenvalue weighted by atomic mass is 10.1. The molecule has 0 heterocycles. The molecule has 92 valence electrons. The van der Waals surface area contributed by atoms with Crippen molar-refractivity contribution in [1.82, 2.24) is 5.32 Å². The molecule has 0 spiro atoms. The number of hydrogen-bond donors (Lipinski definition) is 2. The fraction of sp³-hybridized carbons (Fsp3) is 0.286. The van der Waals surface area contributed by atoms with Crippen molar-refractivity contribution in [2.24, 2.45) is 11.7 Å². The van der Waals surface area contributed by atoms with E-state index in [1.807, 2.05) is 24.3 Å². The van der Waals surface area contributed by atoms with E-state index in [0.717, 1.165) is 5.56 Å². The summed E-state index contributed by atoms with van der Waals surface area (Å²) in [6.45, 7) is 0.476. The van der Waals surface area contributed by atoms with E-state index in [1.54, 1.807) is 12.1 Å². The summed E-state index contributed by atoms with van der Waals surface area (Å²) in [6, 6.07) is 9.22. The minimum absolute atomic E-state index is 0.00330. The molecule has 1 amide bonds. The van der Waals surface area contributed by atoms with Crippen molar-refractivity contribution in [1.29, 1.82) is 5.26 Å². The number of nitrogens with zero attached hydrogens (tertiary/aromatic N) is 1. The summed E-state index contributed by atoms with van der Waals surface area (Å²) in [5, 5.41) is 11.5. The van der Waals surface area contributed by atoms with Crippen LogP contribution < -0.4 is 11.1 Å². The van der Waals surface area contributed by atoms with Crippen LogP contribution >= 0.6 is 0 Å². The van der Waals surface area contributed by atoms with Gasteiger partial charge in [-0.15, -0.1) is 0 Å². The van der Waals surface area contributed by atoms with Gasteiger partial charge in [0, 0.05) is 12.6 Å². The number of hydrogen-bond acceptors (Lipinski definition) is 3. The standard InChI is InChI=1S/C14H15N3O/c15-8-10-1-3-11(4-2-10)9-17-14(18)12-5-6-13(16)7-12/h1-6,12-13H,7,9,16H2,(H,17,18). The Morgan fingerprint density at radius 1 is 1.39 bits per heavy atom. The Labute approximate surface area is 106 Å². The Balaban J connectivity index is 1.86. The Morgan fingerprint density at radius 2 is 2.11 bits per heavy atom. The van der Waals surface area contributed by atoms with E-state index in [-0.39, 0.29) is 17.9 Å². The van der Waals surface area contributed by atoms with Crippen LogP contribution in [0, 0.1) is 17.2 Å². The third-order valence-corrected chi connectivity index (χ3v) is 3.00. The molecule has 18 heavy (non-hydrogen) atoms. The molecule has 0 saturated carbocycles. The van der Waals surface area contributed by atoms with Gasteiger partial charge in [0.05, 0.1) is 17.6 Å². The zero-order valence-electron chi connectivity index (χ0n) is 9.97. The molecule has 1 aromatic carbocycles. The first-order valence-corrected chi connectivity index (χ1v) is 5.89. The Bertz CT molecular complexity index is 499. The van der Waals surface area contributed by atoms with Gasteiger partial charge in [0.15, 0.2) is 0 Å². The van der Waals surface area contributed by atoms with Crippen molar-refractivity contribution < 1.29 is 4.79 Å². The highest BCUT2D eigenvalue weighted by atomic mass is 16.1. The van der Waals surface area contributed by atoms with Crippen molar-refractivity contribution in [3.8, 4) is 6.07 Å². The Morgan fingerprint density at radius 3 is 2.67 bits per heavy atom. The molecule has 0 saturated heterocycles. The van der Waals surface area contributed by atoms with E-state index in [4.69, 9.17) is 11.0 Å². The number of rotatable bonds is 3. The van der Waals surface area contributed by atoms with E-state index in [2.05, 4.69) is 11.4 Å². The van der Waals surface area contributed by atoms with E-state index < -0.39 is 0 Å². The van der Waals surface area contributed by atoms with Gasteiger partial charge in [-0.3, -0.25) is 4.79 Å². The monoisotopic (exact) mass is 241 g/mol. The average molecular weight is 241 g/mol. The van der Waals surface area contributed by atoms with E-state index in [1.165, 1.54) is 0 Å². The largest absolute Gasteiger partial charge is 0.352 e. The smallest absolute Gasteiger partial charge is 0.227 e. The maximum atomic E-state index is 11.8. The zero-order chi connectivity index (χ0) is 13.0. The van der Waals surface area contributed by atoms with Crippen LogP contribution in [0.5, 0.6) is 0 Å². The maximum Gasteiger partial charge on any atom is 0.227 e. The Kier molecular flexibility index (Phi) is 3.75. The third kappa shape index (κ3) is 2.96. The number of nitriles is 1. The van der Waals surface area contributed by atoms with Crippen LogP contribution in [0.3, 0.4) is 0 Å². The second kappa shape index (κ2) is 5.48. The van der Waals surface area contributed by atoms with E-state index >= 15 is 0 Å². The van der Waals surface area contributed by atoms with Crippen LogP contribution in [-0.2, 0) is 11.3 Å². The predicted molar refractivity (Wildman–Crippen MR) is 68.2 cm³/mol. The first-order chi connectivity index (χ1) is 8.69. The fourth-order valence-corrected chi connectivity index (χ4v) is 1.94. The molecule has 0 aromatic heterocycles. The van der Waals surface area contributed by atoms with Gasteiger partial charge in [-0.1, -0.05) is 24.3 Å². The van der Waals surface area contributed by atoms with Gasteiger partial charge in [-0.2, -0.15) is 5.26 Å². The highest BCUT2D eigenvalue weighted by Gasteiger charge is 2.22. The predicted octanol–water partition coefficient (Wildman–Crippen LogP) is 1.08. The van der Waals surface area contributed by atoms with Crippen LogP contribution in [0.1, 0.15) is 17.5 Å². The molecule has 1 aliphatic carbocycles. The van der Waals surface area contributed by atoms with Crippen molar-refractivity contribution in [3.63, 3.8) is 0 Å². The highest BCUT2D eigenvalue weighted by Crippen LogP contribution is 2.16. The minimum atomic E-state index is -0.113. The lowest BCUT2D eigenvalue weighted by Crippen LogP contribution is -2.30. The maximum absolute atomic E-state index is 11.8. The molecule has 2 atom stereocenters. The van der Waals surface area contributed by atoms with Gasteiger partial charge >= 0.3 is 0 Å². The molecule has 1 aromatic rings. The van der Waals surface area contributed by atoms with Gasteiger partial charge < -0.3 is 11.1 Å². The molecule has 0 radical (unpaired) electrons. The third-order valence-electron chi connectivity index (χ3n) is 3.00. The van der Waals surface area contributed by atoms with Gasteiger partial charge in [0.2, 0.25) is 5.91 Å². The molecular formula is C14H15N3O. The summed E-state index contributed by atoms with van der Waals surface area (Å²) in [7, 11) is 0. The molecular weight excluding hydrogens is 226 g/mol. The average Bonchev–Trinajstić information content (AvgIpc) is 2.83. The number of carbonyl (C=O) groups excluding carboxylic acids is 1. The van der Waals surface area contributed by atoms with Crippen LogP contribution in [0.25, 0.3) is 0 Å². The summed E-state index contributed by atoms with van der Waals surface area (Å²) >= 11 is 0. The summed E-state index contributed by atoms with van der Waals surface area (Å²) in [6.07, 6.45) is 4.41. The van der Waals surface area contributed by atoms with Crippen LogP contribution in [0.15, 0.2) is 36.4 Å². The number of amides is 1. The van der Waals surface area contributed by atoms with Crippen molar-refractivity contribution >= 4 is 5.91 Å². The Hall–Kier alpha value is -2.12. The summed E-state index contributed by atoms with van der Waals surface area (Å²) in [4.78, 5) is 11.8. The lowest BCUT2D eigenvalue weighted by molar-refractivity contribution is -0.123. The quantitative estimate of drug-likeness (QED) is 0.777. The van der Waals surface area contributed by atoms with E-state index in [9.17, 15) is 4.79 Å². The molecule has 4 nitrogen and oxygen atoms in total. The molecule has 1 aliphatic rings. The first-order valence-electron chi connectivity index (χ1n) is 5.89. The number of nitrogens with two attached hydrogens (primary N) is 1. The second-order valence-electron chi connectivity index (χ2n) is 4.42. The molecule has 0 fully saturated rings. The van der Waals surface area contributed by atoms with Crippen molar-refractivity contribution in [2.75, 3.05) is 0 Å². The molecule has 2 rings (SSSR count). The van der Waals surface area contributed by atoms with Gasteiger partial charge in [-0.05, 0) is 24.1 Å². The van der Waals surface area contributed by atoms with Gasteiger partial charge in [-0.25, -0.2) is 0 Å². The van der Waals surface area contributed by atoms with Crippen LogP contribution in [-0.4, -0.2) is 11.9 Å². The second-order valence-corrected chi connectivity index (χ2v) is 4.42. The van der Waals surface area contributed by atoms with Crippen molar-refractivity contribution in [3.05, 3.63) is 47.5 Å². The summed E-state index contributed by atoms with van der Waals surface area (Å²) in [5.41, 5.74) is 7.31. The number of carbonyl (C=O) groups is 1. The summed E-state index contributed by atoms with van der Waals surface area (Å²) in [5.74, 6) is -0.109. The minimum Gasteiger partial charge on any atom is -0.352 e. The van der Waals surface area contributed by atoms with Gasteiger partial charge in [0.1, 0.15) is 0 Å². The van der Waals surface area contributed by atoms with Crippen molar-refractivity contribution in [2.45, 2.75) is 19.0 Å². The highest BCUT2D eigenvalue weighted by molar-refractivity contribution is 5.81. The SMILES string of the molecule is N#Cc1ccc(CNC(=O)C2C=CC(N)C2)cc1. The molecule has 0 aliphatic heterocycles. The summed E-state index contributed by atoms with van der Waals surface area (Å²) < 4.78 is 0. The van der Waals surface area contributed by atoms with E-state index in [0.29, 0.717) is 18.5 Å². The lowest BCUT2D eigenvalue weighted by Gasteiger charge is -2.10. The number of benzene rings is 1. The first kappa shape index (κ1) is 12.3. The number of nitrogens with one attached hydrogen (secondary N) is 1. The molecule has 2 unspecified atom stereocenters. The molecule has 0 bridgehead atoms. The normalized spacial score (nSPS) is 21.6. The zero-order valence-corrected chi connectivity index (χ0v) is 9.97. The van der Waals surface area contributed by atoms with Crippen LogP contribution in [0.2, 0.25) is 0 Å². The van der Waals surface area contributed by atoms with Gasteiger partial charge in [0.25, 0.3) is 0 Å².